The van der Waals surface area contributed by atoms with Gasteiger partial charge in [0, 0.05) is 52.5 Å². The summed E-state index contributed by atoms with van der Waals surface area (Å²) in [4.78, 5) is 22.4. The fourth-order valence-electron chi connectivity index (χ4n) is 3.53. The Morgan fingerprint density at radius 2 is 2.07 bits per heavy atom. The number of guanidine groups is 1. The van der Waals surface area contributed by atoms with Gasteiger partial charge in [0.05, 0.1) is 12.0 Å². The summed E-state index contributed by atoms with van der Waals surface area (Å²) in [6.07, 6.45) is 8.19. The summed E-state index contributed by atoms with van der Waals surface area (Å²) in [6.45, 7) is 2.54. The van der Waals surface area contributed by atoms with Crippen LogP contribution in [0.4, 0.5) is 0 Å². The normalized spacial score (nSPS) is 15.6. The van der Waals surface area contributed by atoms with E-state index < -0.39 is 0 Å². The van der Waals surface area contributed by atoms with Crippen molar-refractivity contribution < 1.29 is 4.79 Å². The van der Waals surface area contributed by atoms with Crippen molar-refractivity contribution in [3.63, 3.8) is 0 Å². The molecule has 0 saturated carbocycles. The van der Waals surface area contributed by atoms with E-state index in [1.807, 2.05) is 36.3 Å². The largest absolute Gasteiger partial charge is 0.359 e. The third kappa shape index (κ3) is 4.87. The molecule has 0 aliphatic carbocycles. The summed E-state index contributed by atoms with van der Waals surface area (Å²) in [5.74, 6) is 1.50. The Bertz CT molecular complexity index is 763. The van der Waals surface area contributed by atoms with Crippen LogP contribution in [0.25, 0.3) is 5.69 Å². The number of nitrogens with one attached hydrogen (secondary N) is 2. The van der Waals surface area contributed by atoms with Gasteiger partial charge in [-0.3, -0.25) is 9.79 Å². The van der Waals surface area contributed by atoms with Gasteiger partial charge < -0.3 is 20.1 Å². The summed E-state index contributed by atoms with van der Waals surface area (Å²) in [7, 11) is 3.52. The summed E-state index contributed by atoms with van der Waals surface area (Å²) in [5, 5.41) is 6.21. The zero-order valence-electron chi connectivity index (χ0n) is 16.1. The maximum atomic E-state index is 11.6. The molecule has 0 radical (unpaired) electrons. The predicted molar refractivity (Wildman–Crippen MR) is 107 cm³/mol. The van der Waals surface area contributed by atoms with Gasteiger partial charge in [0.2, 0.25) is 5.91 Å². The monoisotopic (exact) mass is 368 g/mol. The number of carbonyl (C=O) groups is 1. The number of rotatable bonds is 5. The number of aliphatic imine (C=N–C) groups is 1. The number of likely N-dealkylation sites (tertiary alicyclic amines) is 1. The highest BCUT2D eigenvalue weighted by Gasteiger charge is 2.23. The molecule has 1 aliphatic heterocycles. The van der Waals surface area contributed by atoms with Crippen LogP contribution in [0, 0.1) is 5.92 Å². The number of para-hydroxylation sites is 1. The van der Waals surface area contributed by atoms with E-state index >= 15 is 0 Å². The van der Waals surface area contributed by atoms with E-state index in [2.05, 4.69) is 37.6 Å². The van der Waals surface area contributed by atoms with Crippen molar-refractivity contribution in [2.24, 2.45) is 10.9 Å². The lowest BCUT2D eigenvalue weighted by molar-refractivity contribution is -0.121. The fourth-order valence-corrected chi connectivity index (χ4v) is 3.53. The number of piperidine rings is 1. The van der Waals surface area contributed by atoms with E-state index in [0.717, 1.165) is 37.6 Å². The SMILES string of the molecule is CN=C(NCc1ccccc1-n1ccnc1)N1CCC(CC(=O)NC)CC1. The molecule has 0 unspecified atom stereocenters. The highest BCUT2D eigenvalue weighted by molar-refractivity contribution is 5.80. The second-order valence-electron chi connectivity index (χ2n) is 6.81. The predicted octanol–water partition coefficient (Wildman–Crippen LogP) is 1.80. The lowest BCUT2D eigenvalue weighted by Crippen LogP contribution is -2.45. The summed E-state index contributed by atoms with van der Waals surface area (Å²) >= 11 is 0. The van der Waals surface area contributed by atoms with E-state index in [4.69, 9.17) is 0 Å². The first-order chi connectivity index (χ1) is 13.2. The van der Waals surface area contributed by atoms with Gasteiger partial charge in [-0.15, -0.1) is 0 Å². The molecule has 1 fully saturated rings. The van der Waals surface area contributed by atoms with Gasteiger partial charge >= 0.3 is 0 Å². The summed E-state index contributed by atoms with van der Waals surface area (Å²) in [6, 6.07) is 8.28. The zero-order valence-corrected chi connectivity index (χ0v) is 16.1. The maximum Gasteiger partial charge on any atom is 0.220 e. The van der Waals surface area contributed by atoms with E-state index in [1.165, 1.54) is 5.56 Å². The van der Waals surface area contributed by atoms with Crippen LogP contribution in [0.1, 0.15) is 24.8 Å². The molecule has 27 heavy (non-hydrogen) atoms. The van der Waals surface area contributed by atoms with Crippen molar-refractivity contribution in [2.45, 2.75) is 25.8 Å². The Morgan fingerprint density at radius 1 is 1.30 bits per heavy atom. The molecule has 0 spiro atoms. The number of benzene rings is 1. The van der Waals surface area contributed by atoms with Crippen LogP contribution in [0.15, 0.2) is 48.0 Å². The van der Waals surface area contributed by atoms with Gasteiger partial charge in [0.15, 0.2) is 5.96 Å². The molecular formula is C20H28N6O. The molecule has 1 amide bonds. The number of carbonyl (C=O) groups excluding carboxylic acids is 1. The van der Waals surface area contributed by atoms with E-state index in [9.17, 15) is 4.79 Å². The standard InChI is InChI=1S/C20H28N6O/c1-21-19(27)13-16-7-10-25(11-8-16)20(22-2)24-14-17-5-3-4-6-18(17)26-12-9-23-15-26/h3-6,9,12,15-16H,7-8,10-11,13-14H2,1-2H3,(H,21,27)(H,22,24). The summed E-state index contributed by atoms with van der Waals surface area (Å²) < 4.78 is 2.02. The number of amides is 1. The second-order valence-corrected chi connectivity index (χ2v) is 6.81. The minimum Gasteiger partial charge on any atom is -0.359 e. The average Bonchev–Trinajstić information content (AvgIpc) is 3.24. The second kappa shape index (κ2) is 9.21. The van der Waals surface area contributed by atoms with Crippen molar-refractivity contribution in [3.05, 3.63) is 48.5 Å². The number of aromatic nitrogens is 2. The van der Waals surface area contributed by atoms with Crippen molar-refractivity contribution in [1.29, 1.82) is 0 Å². The zero-order chi connectivity index (χ0) is 19.1. The molecular weight excluding hydrogens is 340 g/mol. The molecule has 0 atom stereocenters. The van der Waals surface area contributed by atoms with Gasteiger partial charge in [0.1, 0.15) is 0 Å². The highest BCUT2D eigenvalue weighted by Crippen LogP contribution is 2.21. The smallest absolute Gasteiger partial charge is 0.220 e. The Morgan fingerprint density at radius 3 is 2.74 bits per heavy atom. The molecule has 1 saturated heterocycles. The van der Waals surface area contributed by atoms with Gasteiger partial charge in [-0.1, -0.05) is 18.2 Å². The van der Waals surface area contributed by atoms with Crippen LogP contribution in [-0.2, 0) is 11.3 Å². The van der Waals surface area contributed by atoms with Crippen LogP contribution in [-0.4, -0.2) is 53.5 Å². The van der Waals surface area contributed by atoms with E-state index in [1.54, 1.807) is 13.2 Å². The minimum absolute atomic E-state index is 0.132. The van der Waals surface area contributed by atoms with Crippen molar-refractivity contribution >= 4 is 11.9 Å². The van der Waals surface area contributed by atoms with Gasteiger partial charge in [0.25, 0.3) is 0 Å². The van der Waals surface area contributed by atoms with E-state index in [-0.39, 0.29) is 5.91 Å². The summed E-state index contributed by atoms with van der Waals surface area (Å²) in [5.41, 5.74) is 2.30. The van der Waals surface area contributed by atoms with Gasteiger partial charge in [-0.25, -0.2) is 4.98 Å². The van der Waals surface area contributed by atoms with Crippen LogP contribution in [0.3, 0.4) is 0 Å². The first-order valence-corrected chi connectivity index (χ1v) is 9.43. The third-order valence-corrected chi connectivity index (χ3v) is 5.09. The lowest BCUT2D eigenvalue weighted by atomic mass is 9.93. The topological polar surface area (TPSA) is 74.5 Å². The molecule has 2 N–H and O–H groups in total. The molecule has 7 heteroatoms. The van der Waals surface area contributed by atoms with Crippen molar-refractivity contribution in [1.82, 2.24) is 25.1 Å². The molecule has 1 aromatic heterocycles. The van der Waals surface area contributed by atoms with Crippen LogP contribution in [0.5, 0.6) is 0 Å². The molecule has 2 heterocycles. The van der Waals surface area contributed by atoms with Crippen LogP contribution < -0.4 is 10.6 Å². The average molecular weight is 368 g/mol. The molecule has 3 rings (SSSR count). The molecule has 2 aromatic rings. The Balaban J connectivity index is 1.57. The van der Waals surface area contributed by atoms with E-state index in [0.29, 0.717) is 18.9 Å². The number of nitrogens with zero attached hydrogens (tertiary/aromatic N) is 4. The van der Waals surface area contributed by atoms with Gasteiger partial charge in [-0.05, 0) is 30.4 Å². The van der Waals surface area contributed by atoms with Crippen LogP contribution in [0.2, 0.25) is 0 Å². The number of imidazole rings is 1. The minimum atomic E-state index is 0.132. The van der Waals surface area contributed by atoms with Crippen molar-refractivity contribution in [2.75, 3.05) is 27.2 Å². The quantitative estimate of drug-likeness (QED) is 0.623. The Kier molecular flexibility index (Phi) is 6.46. The fraction of sp³-hybridized carbons (Fsp3) is 0.450. The molecule has 0 bridgehead atoms. The van der Waals surface area contributed by atoms with Gasteiger partial charge in [-0.2, -0.15) is 0 Å². The Hall–Kier alpha value is -2.83. The third-order valence-electron chi connectivity index (χ3n) is 5.09. The van der Waals surface area contributed by atoms with Crippen molar-refractivity contribution in [3.8, 4) is 5.69 Å². The maximum absolute atomic E-state index is 11.6. The highest BCUT2D eigenvalue weighted by atomic mass is 16.1. The Labute approximate surface area is 160 Å². The molecule has 7 nitrogen and oxygen atoms in total. The number of hydrogen-bond donors (Lipinski definition) is 2. The molecule has 1 aliphatic rings. The lowest BCUT2D eigenvalue weighted by Gasteiger charge is -2.34. The first kappa shape index (κ1) is 18.9. The number of hydrogen-bond acceptors (Lipinski definition) is 3. The van der Waals surface area contributed by atoms with Crippen LogP contribution >= 0.6 is 0 Å². The first-order valence-electron chi connectivity index (χ1n) is 9.43. The molecule has 1 aromatic carbocycles. The molecule has 144 valence electrons.